The molecule has 0 amide bonds. The topological polar surface area (TPSA) is 74.2 Å². The second-order valence-corrected chi connectivity index (χ2v) is 4.07. The van der Waals surface area contributed by atoms with Crippen LogP contribution in [0.5, 0.6) is 0 Å². The van der Waals surface area contributed by atoms with E-state index in [2.05, 4.69) is 10.1 Å². The van der Waals surface area contributed by atoms with Gasteiger partial charge in [0.15, 0.2) is 5.82 Å². The van der Waals surface area contributed by atoms with E-state index in [0.717, 1.165) is 11.1 Å². The van der Waals surface area contributed by atoms with Crippen molar-refractivity contribution in [2.45, 2.75) is 26.0 Å². The Balaban J connectivity index is 2.16. The van der Waals surface area contributed by atoms with Crippen LogP contribution >= 0.6 is 0 Å². The van der Waals surface area contributed by atoms with Crippen LogP contribution in [0.2, 0.25) is 0 Å². The summed E-state index contributed by atoms with van der Waals surface area (Å²) in [4.78, 5) is 4.31. The number of ether oxygens (including phenoxy) is 1. The van der Waals surface area contributed by atoms with Gasteiger partial charge < -0.3 is 15.0 Å². The van der Waals surface area contributed by atoms with Crippen molar-refractivity contribution in [3.8, 4) is 0 Å². The van der Waals surface area contributed by atoms with E-state index < -0.39 is 0 Å². The van der Waals surface area contributed by atoms with Crippen molar-refractivity contribution in [3.05, 3.63) is 47.1 Å². The number of methoxy groups -OCH3 is 1. The molecule has 2 rings (SSSR count). The number of rotatable bonds is 5. The van der Waals surface area contributed by atoms with Crippen LogP contribution in [0.3, 0.4) is 0 Å². The van der Waals surface area contributed by atoms with Gasteiger partial charge in [-0.1, -0.05) is 29.4 Å². The average molecular weight is 247 g/mol. The number of nitrogens with zero attached hydrogens (tertiary/aromatic N) is 2. The molecule has 0 spiro atoms. The lowest BCUT2D eigenvalue weighted by molar-refractivity contribution is 0.109. The normalized spacial score (nSPS) is 12.6. The predicted octanol–water partition coefficient (Wildman–Crippen LogP) is 1.83. The molecule has 5 nitrogen and oxygen atoms in total. The maximum absolute atomic E-state index is 5.69. The second-order valence-electron chi connectivity index (χ2n) is 4.07. The zero-order valence-corrected chi connectivity index (χ0v) is 10.6. The summed E-state index contributed by atoms with van der Waals surface area (Å²) in [6.07, 6.45) is 0.434. The van der Waals surface area contributed by atoms with Crippen molar-refractivity contribution >= 4 is 0 Å². The third-order valence-corrected chi connectivity index (χ3v) is 2.88. The highest BCUT2D eigenvalue weighted by atomic mass is 16.5. The first-order chi connectivity index (χ1) is 8.74. The van der Waals surface area contributed by atoms with Gasteiger partial charge in [-0.25, -0.2) is 0 Å². The number of aromatic nitrogens is 2. The molecule has 96 valence electrons. The molecule has 2 N–H and O–H groups in total. The summed E-state index contributed by atoms with van der Waals surface area (Å²) in [7, 11) is 1.62. The Labute approximate surface area is 106 Å². The highest BCUT2D eigenvalue weighted by Crippen LogP contribution is 2.16. The van der Waals surface area contributed by atoms with Crippen LogP contribution in [-0.2, 0) is 17.7 Å². The fourth-order valence-electron chi connectivity index (χ4n) is 1.70. The van der Waals surface area contributed by atoms with Gasteiger partial charge in [0.1, 0.15) is 6.10 Å². The first kappa shape index (κ1) is 12.7. The van der Waals surface area contributed by atoms with Crippen molar-refractivity contribution in [2.75, 3.05) is 7.11 Å². The molecule has 0 saturated heterocycles. The first-order valence-electron chi connectivity index (χ1n) is 5.86. The maximum Gasteiger partial charge on any atom is 0.231 e. The van der Waals surface area contributed by atoms with Crippen molar-refractivity contribution < 1.29 is 9.26 Å². The van der Waals surface area contributed by atoms with E-state index in [0.29, 0.717) is 24.7 Å². The van der Waals surface area contributed by atoms with Crippen LogP contribution in [0.15, 0.2) is 28.8 Å². The Morgan fingerprint density at radius 3 is 2.72 bits per heavy atom. The molecule has 2 aromatic rings. The summed E-state index contributed by atoms with van der Waals surface area (Å²) in [6, 6.07) is 7.97. The summed E-state index contributed by atoms with van der Waals surface area (Å²) in [5, 5.41) is 3.90. The largest absolute Gasteiger partial charge is 0.374 e. The lowest BCUT2D eigenvalue weighted by Crippen LogP contribution is -2.02. The molecule has 0 aliphatic rings. The minimum atomic E-state index is -0.160. The standard InChI is InChI=1S/C13H17N3O2/c1-9(17-2)13-15-12(18-16-13)7-10-5-3-4-6-11(10)8-14/h3-6,9H,7-8,14H2,1-2H3. The lowest BCUT2D eigenvalue weighted by atomic mass is 10.0. The van der Waals surface area contributed by atoms with Crippen molar-refractivity contribution in [1.29, 1.82) is 0 Å². The van der Waals surface area contributed by atoms with Gasteiger partial charge in [-0.15, -0.1) is 0 Å². The lowest BCUT2D eigenvalue weighted by Gasteiger charge is -2.04. The van der Waals surface area contributed by atoms with Crippen molar-refractivity contribution in [1.82, 2.24) is 10.1 Å². The minimum Gasteiger partial charge on any atom is -0.374 e. The van der Waals surface area contributed by atoms with Gasteiger partial charge in [0, 0.05) is 13.7 Å². The predicted molar refractivity (Wildman–Crippen MR) is 66.9 cm³/mol. The van der Waals surface area contributed by atoms with Gasteiger partial charge in [0.05, 0.1) is 6.42 Å². The monoisotopic (exact) mass is 247 g/mol. The Bertz CT molecular complexity index is 510. The molecule has 0 bridgehead atoms. The number of benzene rings is 1. The molecule has 0 aliphatic carbocycles. The smallest absolute Gasteiger partial charge is 0.231 e. The van der Waals surface area contributed by atoms with E-state index in [4.69, 9.17) is 15.0 Å². The highest BCUT2D eigenvalue weighted by molar-refractivity contribution is 5.29. The molecule has 0 saturated carbocycles. The van der Waals surface area contributed by atoms with Gasteiger partial charge in [0.2, 0.25) is 5.89 Å². The van der Waals surface area contributed by atoms with E-state index in [-0.39, 0.29) is 6.10 Å². The summed E-state index contributed by atoms with van der Waals surface area (Å²) in [5.41, 5.74) is 7.90. The third-order valence-electron chi connectivity index (χ3n) is 2.88. The fraction of sp³-hybridized carbons (Fsp3) is 0.385. The van der Waals surface area contributed by atoms with Gasteiger partial charge >= 0.3 is 0 Å². The Kier molecular flexibility index (Phi) is 4.07. The van der Waals surface area contributed by atoms with Crippen molar-refractivity contribution in [2.24, 2.45) is 5.73 Å². The van der Waals surface area contributed by atoms with E-state index in [1.807, 2.05) is 31.2 Å². The minimum absolute atomic E-state index is 0.160. The Hall–Kier alpha value is -1.72. The molecule has 0 fully saturated rings. The summed E-state index contributed by atoms with van der Waals surface area (Å²) in [5.74, 6) is 1.15. The molecule has 1 unspecified atom stereocenters. The van der Waals surface area contributed by atoms with E-state index in [9.17, 15) is 0 Å². The SMILES string of the molecule is COC(C)c1noc(Cc2ccccc2CN)n1. The molecule has 5 heteroatoms. The molecule has 1 heterocycles. The van der Waals surface area contributed by atoms with Crippen LogP contribution < -0.4 is 5.73 Å². The maximum atomic E-state index is 5.69. The van der Waals surface area contributed by atoms with E-state index in [1.165, 1.54) is 0 Å². The third kappa shape index (κ3) is 2.75. The molecule has 0 aliphatic heterocycles. The van der Waals surface area contributed by atoms with Gasteiger partial charge in [-0.05, 0) is 18.1 Å². The molecule has 0 radical (unpaired) electrons. The summed E-state index contributed by atoms with van der Waals surface area (Å²) < 4.78 is 10.3. The van der Waals surface area contributed by atoms with Crippen LogP contribution in [0, 0.1) is 0 Å². The first-order valence-corrected chi connectivity index (χ1v) is 5.86. The molecule has 1 aromatic heterocycles. The van der Waals surface area contributed by atoms with Crippen molar-refractivity contribution in [3.63, 3.8) is 0 Å². The van der Waals surface area contributed by atoms with Crippen LogP contribution in [0.25, 0.3) is 0 Å². The highest BCUT2D eigenvalue weighted by Gasteiger charge is 2.13. The number of nitrogens with two attached hydrogens (primary N) is 1. The number of hydrogen-bond donors (Lipinski definition) is 1. The zero-order valence-electron chi connectivity index (χ0n) is 10.6. The van der Waals surface area contributed by atoms with E-state index >= 15 is 0 Å². The molecular formula is C13H17N3O2. The van der Waals surface area contributed by atoms with Gasteiger partial charge in [-0.2, -0.15) is 4.98 Å². The average Bonchev–Trinajstić information content (AvgIpc) is 2.87. The molecular weight excluding hydrogens is 230 g/mol. The molecule has 1 aromatic carbocycles. The number of hydrogen-bond acceptors (Lipinski definition) is 5. The summed E-state index contributed by atoms with van der Waals surface area (Å²) >= 11 is 0. The van der Waals surface area contributed by atoms with Gasteiger partial charge in [-0.3, -0.25) is 0 Å². The zero-order chi connectivity index (χ0) is 13.0. The Morgan fingerprint density at radius 1 is 1.33 bits per heavy atom. The van der Waals surface area contributed by atoms with Gasteiger partial charge in [0.25, 0.3) is 0 Å². The molecule has 1 atom stereocenters. The van der Waals surface area contributed by atoms with E-state index in [1.54, 1.807) is 7.11 Å². The van der Waals surface area contributed by atoms with Crippen LogP contribution in [0.4, 0.5) is 0 Å². The fourth-order valence-corrected chi connectivity index (χ4v) is 1.70. The second kappa shape index (κ2) is 5.75. The molecule has 18 heavy (non-hydrogen) atoms. The quantitative estimate of drug-likeness (QED) is 0.872. The summed E-state index contributed by atoms with van der Waals surface area (Å²) in [6.45, 7) is 2.38. The Morgan fingerprint density at radius 2 is 2.06 bits per heavy atom. The van der Waals surface area contributed by atoms with Crippen LogP contribution in [-0.4, -0.2) is 17.3 Å². The van der Waals surface area contributed by atoms with Crippen LogP contribution in [0.1, 0.15) is 35.9 Å².